The lowest BCUT2D eigenvalue weighted by Crippen LogP contribution is -2.49. The van der Waals surface area contributed by atoms with Crippen LogP contribution >= 0.6 is 0 Å². The molecule has 4 fully saturated rings. The normalized spacial score (nSPS) is 28.1. The first-order valence-electron chi connectivity index (χ1n) is 21.3. The average Bonchev–Trinajstić information content (AvgIpc) is 3.94. The third kappa shape index (κ3) is 8.66. The number of nitrogens with two attached hydrogens (primary N) is 1. The number of amides is 3. The minimum atomic E-state index is -2.94. The number of rotatable bonds is 10. The zero-order valence-corrected chi connectivity index (χ0v) is 34.3. The molecule has 3 saturated heterocycles. The van der Waals surface area contributed by atoms with Gasteiger partial charge in [0.25, 0.3) is 12.3 Å². The average molecular weight is 861 g/mol. The Kier molecular flexibility index (Phi) is 11.5. The molecule has 9 rings (SSSR count). The molecule has 0 bridgehead atoms. The van der Waals surface area contributed by atoms with E-state index in [4.69, 9.17) is 5.73 Å². The quantitative estimate of drug-likeness (QED) is 0.104. The summed E-state index contributed by atoms with van der Waals surface area (Å²) in [5.74, 6) is -0.914. The van der Waals surface area contributed by atoms with E-state index in [1.807, 2.05) is 24.4 Å². The highest BCUT2D eigenvalue weighted by Crippen LogP contribution is 2.33. The number of benzene rings is 1. The van der Waals surface area contributed by atoms with Crippen molar-refractivity contribution in [2.45, 2.75) is 88.1 Å². The number of aryl methyl sites for hydroxylation is 1. The molecular weight excluding hydrogens is 811 g/mol. The summed E-state index contributed by atoms with van der Waals surface area (Å²) < 4.78 is 62.8. The lowest BCUT2D eigenvalue weighted by atomic mass is 9.82. The Morgan fingerprint density at radius 3 is 2.66 bits per heavy atom. The monoisotopic (exact) mass is 860 g/mol. The number of nitrogens with zero attached hydrogens (tertiary/aromatic N) is 9. The van der Waals surface area contributed by atoms with Gasteiger partial charge >= 0.3 is 0 Å². The van der Waals surface area contributed by atoms with E-state index < -0.39 is 36.3 Å². The van der Waals surface area contributed by atoms with Crippen LogP contribution in [0.4, 0.5) is 29.1 Å². The number of piperidine rings is 3. The van der Waals surface area contributed by atoms with Crippen LogP contribution in [0.5, 0.6) is 0 Å². The van der Waals surface area contributed by atoms with E-state index in [9.17, 15) is 27.6 Å². The van der Waals surface area contributed by atoms with Crippen molar-refractivity contribution in [3.05, 3.63) is 59.8 Å². The fourth-order valence-corrected chi connectivity index (χ4v) is 9.58. The van der Waals surface area contributed by atoms with Gasteiger partial charge in [-0.05, 0) is 75.1 Å². The number of allylic oxidation sites excluding steroid dienone is 1. The maximum atomic E-state index is 15.7. The summed E-state index contributed by atoms with van der Waals surface area (Å²) in [4.78, 5) is 46.1. The highest BCUT2D eigenvalue weighted by molar-refractivity contribution is 6.09. The zero-order chi connectivity index (χ0) is 43.2. The van der Waals surface area contributed by atoms with Gasteiger partial charge in [0.15, 0.2) is 11.9 Å². The number of hydrogen-bond acceptors (Lipinski definition) is 11. The Bertz CT molecular complexity index is 2470. The van der Waals surface area contributed by atoms with Crippen LogP contribution in [0.25, 0.3) is 16.6 Å². The minimum absolute atomic E-state index is 0.0610. The molecule has 1 aromatic carbocycles. The van der Waals surface area contributed by atoms with E-state index in [2.05, 4.69) is 41.1 Å². The van der Waals surface area contributed by atoms with E-state index in [-0.39, 0.29) is 66.1 Å². The topological polar surface area (TPSA) is 183 Å². The van der Waals surface area contributed by atoms with Gasteiger partial charge in [0.2, 0.25) is 23.7 Å². The molecule has 62 heavy (non-hydrogen) atoms. The maximum absolute atomic E-state index is 15.7. The van der Waals surface area contributed by atoms with Crippen molar-refractivity contribution in [1.82, 2.24) is 39.9 Å². The fraction of sp³-hybridized carbons (Fsp3) is 0.524. The summed E-state index contributed by atoms with van der Waals surface area (Å²) in [6.45, 7) is 2.35. The van der Waals surface area contributed by atoms with E-state index in [1.54, 1.807) is 28.9 Å². The van der Waals surface area contributed by atoms with Crippen LogP contribution in [0.3, 0.4) is 0 Å². The standard InChI is InChI=1S/C42H49F4N13O3/c1-55-34-15-27(6-7-28(34)37(53-55)29-8-9-36(60)52-41(29)61)49-32-10-12-56(21-31(32)44)17-23-2-4-24(5-3-23)18-58-22-33(38(54-58)39(45)46)50-42(62)30-16-48-59-13-11-35(51-40(30)59)57-19-25(43)14-26(47)20-57/h6-7,11,13,15-16,18,22-26,29,31-32,39H,2-5,8-10,12,14,17,19-21,47H2,1H3,(H2-,49,50,52,53,60,61,62)/p+1/b58-18-/t23?,24?,25-,26-,29?,31+,32-/m1/s1. The molecule has 5 N–H and O–H groups in total. The maximum Gasteiger partial charge on any atom is 0.288 e. The second-order valence-electron chi connectivity index (χ2n) is 17.3. The number of hydrazone groups is 1. The summed E-state index contributed by atoms with van der Waals surface area (Å²) in [6, 6.07) is 6.65. The predicted molar refractivity (Wildman–Crippen MR) is 223 cm³/mol. The van der Waals surface area contributed by atoms with Gasteiger partial charge in [-0.1, -0.05) is 4.68 Å². The number of anilines is 2. The molecule has 1 aliphatic carbocycles. The van der Waals surface area contributed by atoms with E-state index >= 15 is 4.39 Å². The van der Waals surface area contributed by atoms with Gasteiger partial charge in [-0.3, -0.25) is 24.4 Å². The van der Waals surface area contributed by atoms with Crippen LogP contribution in [0.15, 0.2) is 53.7 Å². The van der Waals surface area contributed by atoms with Gasteiger partial charge in [0.05, 0.1) is 35.9 Å². The highest BCUT2D eigenvalue weighted by Gasteiger charge is 2.36. The van der Waals surface area contributed by atoms with E-state index in [0.717, 1.165) is 55.4 Å². The van der Waals surface area contributed by atoms with Crippen LogP contribution in [0.2, 0.25) is 0 Å². The number of hydrogen-bond donors (Lipinski definition) is 4. The Hall–Kier alpha value is -5.76. The SMILES string of the molecule is Cn1nc(C2CCC(=O)NC2=O)c2ccc(N[C@@H]3CCN(CC4CCC(/C=[N+]5/C=C(NC(=O)c6cnn7ccc(N8C[C@H](N)C[C@@H](F)C8)nc67)C(C(F)F)=N5)CC4)C[C@@H]3F)cc21. The second-order valence-corrected chi connectivity index (χ2v) is 17.3. The first kappa shape index (κ1) is 41.6. The van der Waals surface area contributed by atoms with Crippen molar-refractivity contribution in [2.75, 3.05) is 42.9 Å². The number of aromatic nitrogens is 5. The summed E-state index contributed by atoms with van der Waals surface area (Å²) >= 11 is 0. The molecule has 3 amide bonds. The zero-order valence-electron chi connectivity index (χ0n) is 34.3. The Morgan fingerprint density at radius 1 is 1.08 bits per heavy atom. The summed E-state index contributed by atoms with van der Waals surface area (Å²) in [6.07, 6.45) is 5.96. The van der Waals surface area contributed by atoms with Gasteiger partial charge in [0, 0.05) is 74.0 Å². The lowest BCUT2D eigenvalue weighted by molar-refractivity contribution is -0.456. The molecule has 0 radical (unpaired) electrons. The number of halogens is 4. The van der Waals surface area contributed by atoms with Crippen LogP contribution < -0.4 is 26.6 Å². The van der Waals surface area contributed by atoms with Crippen molar-refractivity contribution in [1.29, 1.82) is 0 Å². The molecule has 4 aromatic rings. The highest BCUT2D eigenvalue weighted by atomic mass is 19.3. The molecule has 20 heteroatoms. The Morgan fingerprint density at radius 2 is 1.90 bits per heavy atom. The number of carbonyl (C=O) groups excluding carboxylic acids is 3. The third-order valence-electron chi connectivity index (χ3n) is 12.8. The third-order valence-corrected chi connectivity index (χ3v) is 12.8. The molecule has 1 saturated carbocycles. The summed E-state index contributed by atoms with van der Waals surface area (Å²) in [5, 5.41) is 22.1. The molecule has 16 nitrogen and oxygen atoms in total. The second kappa shape index (κ2) is 17.2. The molecular formula is C42H50F4N13O3+. The first-order chi connectivity index (χ1) is 29.8. The largest absolute Gasteiger partial charge is 0.379 e. The van der Waals surface area contributed by atoms with Gasteiger partial charge in [-0.15, -0.1) is 0 Å². The molecule has 5 atom stereocenters. The fourth-order valence-electron chi connectivity index (χ4n) is 9.58. The van der Waals surface area contributed by atoms with Crippen molar-refractivity contribution in [3.8, 4) is 0 Å². The predicted octanol–water partition coefficient (Wildman–Crippen LogP) is 3.63. The Labute approximate surface area is 354 Å². The molecule has 328 valence electrons. The molecule has 0 spiro atoms. The minimum Gasteiger partial charge on any atom is -0.379 e. The number of imide groups is 1. The van der Waals surface area contributed by atoms with Crippen LogP contribution in [0.1, 0.15) is 73.3 Å². The van der Waals surface area contributed by atoms with Crippen molar-refractivity contribution < 1.29 is 36.6 Å². The van der Waals surface area contributed by atoms with Crippen molar-refractivity contribution in [2.24, 2.45) is 29.7 Å². The number of fused-ring (bicyclic) bond motifs is 2. The van der Waals surface area contributed by atoms with Gasteiger partial charge in [-0.25, -0.2) is 27.1 Å². The summed E-state index contributed by atoms with van der Waals surface area (Å²) in [5.41, 5.74) is 7.81. The van der Waals surface area contributed by atoms with Crippen LogP contribution in [-0.2, 0) is 16.6 Å². The number of carbonyl (C=O) groups is 3. The van der Waals surface area contributed by atoms with Crippen molar-refractivity contribution in [3.63, 3.8) is 0 Å². The van der Waals surface area contributed by atoms with Crippen LogP contribution in [-0.4, -0.2) is 127 Å². The Balaban J connectivity index is 0.771. The lowest BCUT2D eigenvalue weighted by Gasteiger charge is -2.38. The molecule has 5 aliphatic rings. The van der Waals surface area contributed by atoms with E-state index in [0.29, 0.717) is 43.4 Å². The smallest absolute Gasteiger partial charge is 0.288 e. The van der Waals surface area contributed by atoms with Gasteiger partial charge in [-0.2, -0.15) is 10.2 Å². The van der Waals surface area contributed by atoms with Crippen LogP contribution in [0, 0.1) is 11.8 Å². The number of likely N-dealkylation sites (tertiary alicyclic amines) is 1. The van der Waals surface area contributed by atoms with E-state index in [1.165, 1.54) is 21.6 Å². The van der Waals surface area contributed by atoms with Gasteiger partial charge in [0.1, 0.15) is 29.4 Å². The summed E-state index contributed by atoms with van der Waals surface area (Å²) in [7, 11) is 1.81. The number of alkyl halides is 4. The van der Waals surface area contributed by atoms with Gasteiger partial charge < -0.3 is 26.2 Å². The molecule has 7 heterocycles. The molecule has 1 unspecified atom stereocenters. The van der Waals surface area contributed by atoms with Crippen molar-refractivity contribution >= 4 is 57.7 Å². The molecule has 3 aromatic heterocycles. The molecule has 4 aliphatic heterocycles. The number of nitrogens with one attached hydrogen (secondary N) is 3. The first-order valence-corrected chi connectivity index (χ1v) is 21.3.